The Labute approximate surface area is 205 Å². The molecule has 2 N–H and O–H groups in total. The Kier molecular flexibility index (Phi) is 7.14. The van der Waals surface area contributed by atoms with Gasteiger partial charge in [-0.2, -0.15) is 0 Å². The summed E-state index contributed by atoms with van der Waals surface area (Å²) in [5.41, 5.74) is -0.689. The van der Waals surface area contributed by atoms with Crippen molar-refractivity contribution in [2.24, 2.45) is 0 Å². The van der Waals surface area contributed by atoms with Crippen LogP contribution in [0.15, 0.2) is 35.7 Å². The Balaban J connectivity index is 1.77. The molecule has 3 aromatic rings. The minimum atomic E-state index is -4.07. The summed E-state index contributed by atoms with van der Waals surface area (Å²) in [5.74, 6) is -0.388. The lowest BCUT2D eigenvalue weighted by molar-refractivity contribution is 0.0730. The maximum absolute atomic E-state index is 13.3. The number of rotatable bonds is 8. The van der Waals surface area contributed by atoms with Gasteiger partial charge in [0.1, 0.15) is 11.9 Å². The lowest BCUT2D eigenvalue weighted by Crippen LogP contribution is -2.32. The highest BCUT2D eigenvalue weighted by molar-refractivity contribution is 7.93. The number of hydrogen-bond donors (Lipinski definition) is 2. The minimum absolute atomic E-state index is 0.0500. The summed E-state index contributed by atoms with van der Waals surface area (Å²) in [6.45, 7) is 3.61. The third-order valence-corrected chi connectivity index (χ3v) is 7.57. The highest BCUT2D eigenvalue weighted by Gasteiger charge is 2.33. The fourth-order valence-electron chi connectivity index (χ4n) is 3.45. The van der Waals surface area contributed by atoms with Crippen LogP contribution in [-0.4, -0.2) is 62.1 Å². The number of aromatic amines is 1. The van der Waals surface area contributed by atoms with E-state index in [1.54, 1.807) is 13.0 Å². The topological polar surface area (TPSA) is 167 Å². The molecule has 3 aromatic heterocycles. The lowest BCUT2D eigenvalue weighted by atomic mass is 10.1. The molecule has 13 nitrogen and oxygen atoms in total. The third kappa shape index (κ3) is 5.04. The fourth-order valence-corrected chi connectivity index (χ4v) is 4.77. The van der Waals surface area contributed by atoms with E-state index in [1.807, 2.05) is 6.08 Å². The van der Waals surface area contributed by atoms with E-state index < -0.39 is 32.9 Å². The summed E-state index contributed by atoms with van der Waals surface area (Å²) < 4.78 is 41.4. The second-order valence-electron chi connectivity index (χ2n) is 7.72. The molecule has 0 spiro atoms. The summed E-state index contributed by atoms with van der Waals surface area (Å²) in [7, 11) is -2.73. The predicted octanol–water partition coefficient (Wildman–Crippen LogP) is 1.75. The Bertz CT molecular complexity index is 1390. The van der Waals surface area contributed by atoms with Crippen molar-refractivity contribution in [3.8, 4) is 11.6 Å². The number of methoxy groups -OCH3 is 1. The van der Waals surface area contributed by atoms with Crippen molar-refractivity contribution in [2.75, 3.05) is 18.4 Å². The summed E-state index contributed by atoms with van der Waals surface area (Å²) >= 11 is 5.84. The number of nitrogens with zero attached hydrogens (tertiary/aromatic N) is 6. The molecule has 0 saturated heterocycles. The van der Waals surface area contributed by atoms with Gasteiger partial charge in [0.15, 0.2) is 11.5 Å². The van der Waals surface area contributed by atoms with E-state index in [-0.39, 0.29) is 23.3 Å². The SMILES string of the molecule is COc1nc[nH]c(=O)c1-n1c(NS(=O)(=O)[C@@H](C)[C@H](C)c2ncc(Cl)cn2)nnc1[C@H]1C=CCCO1. The van der Waals surface area contributed by atoms with Crippen LogP contribution in [0.2, 0.25) is 5.02 Å². The molecule has 35 heavy (non-hydrogen) atoms. The van der Waals surface area contributed by atoms with Crippen molar-refractivity contribution in [3.63, 3.8) is 0 Å². The molecule has 0 radical (unpaired) electrons. The number of nitrogens with one attached hydrogen (secondary N) is 2. The number of hydrogen-bond acceptors (Lipinski definition) is 10. The van der Waals surface area contributed by atoms with Gasteiger partial charge in [0.2, 0.25) is 21.9 Å². The molecule has 1 aliphatic rings. The molecule has 1 aliphatic heterocycles. The zero-order valence-electron chi connectivity index (χ0n) is 19.0. The molecule has 0 saturated carbocycles. The predicted molar refractivity (Wildman–Crippen MR) is 126 cm³/mol. The molecule has 3 atom stereocenters. The van der Waals surface area contributed by atoms with Crippen LogP contribution in [0.1, 0.15) is 43.9 Å². The molecule has 0 bridgehead atoms. The highest BCUT2D eigenvalue weighted by atomic mass is 35.5. The van der Waals surface area contributed by atoms with Crippen molar-refractivity contribution in [1.29, 1.82) is 0 Å². The standard InChI is InChI=1S/C20H23ClN8O5S/c1-11(16-22-8-13(21)9-23-16)12(2)35(31,32)28-20-27-26-17(14-6-4-5-7-34-14)29(20)15-18(30)24-10-25-19(15)33-3/h4,6,8-12,14H,5,7H2,1-3H3,(H,27,28)(H,24,25,30)/t11-,12-,14+/m0/s1. The van der Waals surface area contributed by atoms with E-state index in [9.17, 15) is 13.2 Å². The van der Waals surface area contributed by atoms with Gasteiger partial charge in [0, 0.05) is 18.3 Å². The summed E-state index contributed by atoms with van der Waals surface area (Å²) in [5, 5.41) is 7.49. The van der Waals surface area contributed by atoms with Gasteiger partial charge < -0.3 is 14.5 Å². The van der Waals surface area contributed by atoms with Crippen LogP contribution < -0.4 is 15.0 Å². The maximum Gasteiger partial charge on any atom is 0.279 e. The number of aromatic nitrogens is 7. The first kappa shape index (κ1) is 24.8. The van der Waals surface area contributed by atoms with E-state index in [0.717, 1.165) is 0 Å². The molecule has 0 aliphatic carbocycles. The van der Waals surface area contributed by atoms with Crippen LogP contribution in [0.5, 0.6) is 5.88 Å². The molecule has 15 heteroatoms. The number of ether oxygens (including phenoxy) is 2. The summed E-state index contributed by atoms with van der Waals surface area (Å²) in [6, 6.07) is 0. The van der Waals surface area contributed by atoms with Gasteiger partial charge in [-0.3, -0.25) is 14.1 Å². The molecular formula is C20H23ClN8O5S. The Morgan fingerprint density at radius 1 is 1.26 bits per heavy atom. The Morgan fingerprint density at radius 2 is 2.00 bits per heavy atom. The van der Waals surface area contributed by atoms with Crippen LogP contribution in [-0.2, 0) is 14.8 Å². The fraction of sp³-hybridized carbons (Fsp3) is 0.400. The maximum atomic E-state index is 13.3. The first-order chi connectivity index (χ1) is 16.7. The van der Waals surface area contributed by atoms with Gasteiger partial charge in [-0.25, -0.2) is 23.4 Å². The number of H-pyrrole nitrogens is 1. The van der Waals surface area contributed by atoms with Crippen molar-refractivity contribution < 1.29 is 17.9 Å². The number of halogens is 1. The zero-order valence-corrected chi connectivity index (χ0v) is 20.6. The van der Waals surface area contributed by atoms with E-state index in [0.29, 0.717) is 23.9 Å². The van der Waals surface area contributed by atoms with Gasteiger partial charge in [-0.1, -0.05) is 30.7 Å². The van der Waals surface area contributed by atoms with Crippen molar-refractivity contribution >= 4 is 27.6 Å². The Morgan fingerprint density at radius 3 is 2.66 bits per heavy atom. The molecule has 0 unspecified atom stereocenters. The molecule has 4 heterocycles. The van der Waals surface area contributed by atoms with Gasteiger partial charge in [-0.05, 0) is 13.3 Å². The van der Waals surface area contributed by atoms with Crippen LogP contribution in [0.25, 0.3) is 5.69 Å². The smallest absolute Gasteiger partial charge is 0.279 e. The van der Waals surface area contributed by atoms with Crippen LogP contribution in [0.3, 0.4) is 0 Å². The van der Waals surface area contributed by atoms with Crippen molar-refractivity contribution in [2.45, 2.75) is 37.5 Å². The molecular weight excluding hydrogens is 500 g/mol. The molecule has 186 valence electrons. The van der Waals surface area contributed by atoms with Gasteiger partial charge in [-0.15, -0.1) is 10.2 Å². The number of anilines is 1. The zero-order chi connectivity index (χ0) is 25.2. The minimum Gasteiger partial charge on any atom is -0.479 e. The van der Waals surface area contributed by atoms with E-state index in [4.69, 9.17) is 21.1 Å². The monoisotopic (exact) mass is 522 g/mol. The normalized spacial score (nSPS) is 17.7. The quantitative estimate of drug-likeness (QED) is 0.416. The van der Waals surface area contributed by atoms with Crippen molar-refractivity contribution in [3.05, 3.63) is 57.9 Å². The van der Waals surface area contributed by atoms with Crippen LogP contribution in [0, 0.1) is 0 Å². The molecule has 0 fully saturated rings. The van der Waals surface area contributed by atoms with Crippen LogP contribution in [0.4, 0.5) is 5.95 Å². The van der Waals surface area contributed by atoms with E-state index in [1.165, 1.54) is 37.3 Å². The molecule has 0 amide bonds. The lowest BCUT2D eigenvalue weighted by Gasteiger charge is -2.21. The largest absolute Gasteiger partial charge is 0.479 e. The van der Waals surface area contributed by atoms with Gasteiger partial charge >= 0.3 is 0 Å². The summed E-state index contributed by atoms with van der Waals surface area (Å²) in [4.78, 5) is 27.5. The average Bonchev–Trinajstić information content (AvgIpc) is 3.26. The molecule has 4 rings (SSSR count). The second kappa shape index (κ2) is 10.1. The van der Waals surface area contributed by atoms with Crippen LogP contribution >= 0.6 is 11.6 Å². The Hall–Kier alpha value is -3.36. The van der Waals surface area contributed by atoms with Gasteiger partial charge in [0.05, 0.1) is 30.3 Å². The average molecular weight is 523 g/mol. The van der Waals surface area contributed by atoms with Crippen molar-refractivity contribution in [1.82, 2.24) is 34.7 Å². The summed E-state index contributed by atoms with van der Waals surface area (Å²) in [6.07, 6.45) is 7.66. The number of sulfonamides is 1. The van der Waals surface area contributed by atoms with E-state index in [2.05, 4.69) is 34.9 Å². The molecule has 0 aromatic carbocycles. The highest BCUT2D eigenvalue weighted by Crippen LogP contribution is 2.30. The third-order valence-electron chi connectivity index (χ3n) is 5.52. The first-order valence-electron chi connectivity index (χ1n) is 10.6. The van der Waals surface area contributed by atoms with E-state index >= 15 is 0 Å². The second-order valence-corrected chi connectivity index (χ2v) is 10.2. The van der Waals surface area contributed by atoms with Gasteiger partial charge in [0.25, 0.3) is 5.56 Å². The first-order valence-corrected chi connectivity index (χ1v) is 12.5.